The standard InChI is InChI=1S/C12H13F2NO2/c13-9-3-2-8(6-10(9)14)15-7-12(11(16)17)4-1-5-12/h2-3,6,15H,1,4-5,7H2,(H,16,17). The molecule has 0 saturated heterocycles. The first-order valence-corrected chi connectivity index (χ1v) is 5.46. The highest BCUT2D eigenvalue weighted by Gasteiger charge is 2.44. The summed E-state index contributed by atoms with van der Waals surface area (Å²) in [5.41, 5.74) is -0.346. The highest BCUT2D eigenvalue weighted by atomic mass is 19.2. The number of anilines is 1. The predicted octanol–water partition coefficient (Wildman–Crippen LogP) is 2.63. The smallest absolute Gasteiger partial charge is 0.311 e. The van der Waals surface area contributed by atoms with Crippen LogP contribution in [-0.2, 0) is 4.79 Å². The molecule has 1 saturated carbocycles. The van der Waals surface area contributed by atoms with E-state index in [4.69, 9.17) is 5.11 Å². The lowest BCUT2D eigenvalue weighted by atomic mass is 9.69. The molecular weight excluding hydrogens is 228 g/mol. The Labute approximate surface area is 97.5 Å². The highest BCUT2D eigenvalue weighted by Crippen LogP contribution is 2.41. The summed E-state index contributed by atoms with van der Waals surface area (Å²) < 4.78 is 25.6. The van der Waals surface area contributed by atoms with Crippen LogP contribution in [-0.4, -0.2) is 17.6 Å². The summed E-state index contributed by atoms with van der Waals surface area (Å²) >= 11 is 0. The van der Waals surface area contributed by atoms with E-state index < -0.39 is 23.0 Å². The summed E-state index contributed by atoms with van der Waals surface area (Å²) in [6.45, 7) is 0.243. The minimum Gasteiger partial charge on any atom is -0.481 e. The third-order valence-corrected chi connectivity index (χ3v) is 3.31. The summed E-state index contributed by atoms with van der Waals surface area (Å²) in [6, 6.07) is 3.45. The van der Waals surface area contributed by atoms with Gasteiger partial charge in [-0.25, -0.2) is 8.78 Å². The third-order valence-electron chi connectivity index (χ3n) is 3.31. The maximum absolute atomic E-state index is 12.9. The first kappa shape index (κ1) is 11.8. The van der Waals surface area contributed by atoms with E-state index in [2.05, 4.69) is 5.32 Å². The Balaban J connectivity index is 2.02. The fourth-order valence-corrected chi connectivity index (χ4v) is 1.95. The molecule has 1 fully saturated rings. The molecule has 1 aliphatic rings. The van der Waals surface area contributed by atoms with Crippen LogP contribution in [0.4, 0.5) is 14.5 Å². The van der Waals surface area contributed by atoms with E-state index in [1.165, 1.54) is 6.07 Å². The Morgan fingerprint density at radius 3 is 2.53 bits per heavy atom. The molecule has 0 amide bonds. The molecule has 1 aromatic rings. The largest absolute Gasteiger partial charge is 0.481 e. The third kappa shape index (κ3) is 2.23. The molecule has 2 rings (SSSR count). The van der Waals surface area contributed by atoms with E-state index in [9.17, 15) is 13.6 Å². The topological polar surface area (TPSA) is 49.3 Å². The number of hydrogen-bond acceptors (Lipinski definition) is 2. The monoisotopic (exact) mass is 241 g/mol. The van der Waals surface area contributed by atoms with E-state index in [0.29, 0.717) is 18.5 Å². The molecule has 0 atom stereocenters. The molecule has 0 aliphatic heterocycles. The fourth-order valence-electron chi connectivity index (χ4n) is 1.95. The molecule has 1 aliphatic carbocycles. The van der Waals surface area contributed by atoms with Crippen LogP contribution in [0.3, 0.4) is 0 Å². The van der Waals surface area contributed by atoms with E-state index in [1.807, 2.05) is 0 Å². The van der Waals surface area contributed by atoms with Crippen LogP contribution >= 0.6 is 0 Å². The maximum atomic E-state index is 12.9. The Morgan fingerprint density at radius 1 is 1.35 bits per heavy atom. The van der Waals surface area contributed by atoms with Gasteiger partial charge < -0.3 is 10.4 Å². The van der Waals surface area contributed by atoms with Crippen molar-refractivity contribution in [2.24, 2.45) is 5.41 Å². The lowest BCUT2D eigenvalue weighted by Crippen LogP contribution is -2.43. The molecule has 0 aromatic heterocycles. The number of halogens is 2. The molecule has 92 valence electrons. The second-order valence-corrected chi connectivity index (χ2v) is 4.42. The van der Waals surface area contributed by atoms with Gasteiger partial charge in [-0.05, 0) is 31.0 Å². The number of aliphatic carboxylic acids is 1. The quantitative estimate of drug-likeness (QED) is 0.851. The second kappa shape index (κ2) is 4.31. The van der Waals surface area contributed by atoms with E-state index in [1.54, 1.807) is 0 Å². The van der Waals surface area contributed by atoms with Crippen LogP contribution < -0.4 is 5.32 Å². The van der Waals surface area contributed by atoms with Gasteiger partial charge in [-0.1, -0.05) is 6.42 Å². The molecule has 3 nitrogen and oxygen atoms in total. The van der Waals surface area contributed by atoms with Crippen LogP contribution in [0, 0.1) is 17.0 Å². The van der Waals surface area contributed by atoms with Crippen molar-refractivity contribution in [3.05, 3.63) is 29.8 Å². The normalized spacial score (nSPS) is 17.3. The maximum Gasteiger partial charge on any atom is 0.311 e. The van der Waals surface area contributed by atoms with Gasteiger partial charge in [0.25, 0.3) is 0 Å². The minimum atomic E-state index is -0.937. The number of carboxylic acid groups (broad SMARTS) is 1. The Kier molecular flexibility index (Phi) is 3.00. The highest BCUT2D eigenvalue weighted by molar-refractivity contribution is 5.76. The molecule has 5 heteroatoms. The van der Waals surface area contributed by atoms with Gasteiger partial charge in [0.1, 0.15) is 0 Å². The zero-order valence-electron chi connectivity index (χ0n) is 9.17. The molecule has 0 radical (unpaired) electrons. The van der Waals surface area contributed by atoms with Crippen LogP contribution in [0.2, 0.25) is 0 Å². The SMILES string of the molecule is O=C(O)C1(CNc2ccc(F)c(F)c2)CCC1. The fraction of sp³-hybridized carbons (Fsp3) is 0.417. The molecule has 0 unspecified atom stereocenters. The lowest BCUT2D eigenvalue weighted by molar-refractivity contribution is -0.153. The molecule has 2 N–H and O–H groups in total. The zero-order chi connectivity index (χ0) is 12.5. The minimum absolute atomic E-state index is 0.243. The average Bonchev–Trinajstić information content (AvgIpc) is 2.21. The summed E-state index contributed by atoms with van der Waals surface area (Å²) in [5, 5.41) is 11.9. The van der Waals surface area contributed by atoms with Crippen molar-refractivity contribution in [3.8, 4) is 0 Å². The summed E-state index contributed by atoms with van der Waals surface area (Å²) in [5.74, 6) is -2.68. The van der Waals surface area contributed by atoms with Crippen molar-refractivity contribution in [3.63, 3.8) is 0 Å². The number of hydrogen-bond donors (Lipinski definition) is 2. The van der Waals surface area contributed by atoms with Crippen LogP contribution in [0.25, 0.3) is 0 Å². The predicted molar refractivity (Wildman–Crippen MR) is 58.8 cm³/mol. The van der Waals surface area contributed by atoms with E-state index >= 15 is 0 Å². The summed E-state index contributed by atoms with van der Waals surface area (Å²) in [7, 11) is 0. The van der Waals surface area contributed by atoms with Gasteiger partial charge in [0, 0.05) is 12.2 Å². The Bertz CT molecular complexity index is 444. The Morgan fingerprint density at radius 2 is 2.06 bits per heavy atom. The zero-order valence-corrected chi connectivity index (χ0v) is 9.17. The van der Waals surface area contributed by atoms with Crippen LogP contribution in [0.1, 0.15) is 19.3 Å². The molecule has 0 heterocycles. The van der Waals surface area contributed by atoms with Gasteiger partial charge in [0.2, 0.25) is 0 Å². The van der Waals surface area contributed by atoms with Crippen molar-refractivity contribution in [1.29, 1.82) is 0 Å². The van der Waals surface area contributed by atoms with Gasteiger partial charge in [0.15, 0.2) is 11.6 Å². The lowest BCUT2D eigenvalue weighted by Gasteiger charge is -2.37. The van der Waals surface area contributed by atoms with E-state index in [0.717, 1.165) is 18.6 Å². The molecular formula is C12H13F2NO2. The van der Waals surface area contributed by atoms with Crippen molar-refractivity contribution < 1.29 is 18.7 Å². The number of rotatable bonds is 4. The van der Waals surface area contributed by atoms with Crippen LogP contribution in [0.5, 0.6) is 0 Å². The van der Waals surface area contributed by atoms with Crippen molar-refractivity contribution in [1.82, 2.24) is 0 Å². The molecule has 17 heavy (non-hydrogen) atoms. The number of benzene rings is 1. The van der Waals surface area contributed by atoms with Gasteiger partial charge in [-0.2, -0.15) is 0 Å². The number of carboxylic acids is 1. The Hall–Kier alpha value is -1.65. The first-order chi connectivity index (χ1) is 8.03. The van der Waals surface area contributed by atoms with Crippen molar-refractivity contribution >= 4 is 11.7 Å². The number of nitrogens with one attached hydrogen (secondary N) is 1. The van der Waals surface area contributed by atoms with Gasteiger partial charge >= 0.3 is 5.97 Å². The second-order valence-electron chi connectivity index (χ2n) is 4.42. The summed E-state index contributed by atoms with van der Waals surface area (Å²) in [6.07, 6.45) is 2.14. The molecule has 0 spiro atoms. The van der Waals surface area contributed by atoms with Gasteiger partial charge in [-0.3, -0.25) is 4.79 Å². The van der Waals surface area contributed by atoms with Crippen LogP contribution in [0.15, 0.2) is 18.2 Å². The van der Waals surface area contributed by atoms with Crippen molar-refractivity contribution in [2.45, 2.75) is 19.3 Å². The van der Waals surface area contributed by atoms with Crippen molar-refractivity contribution in [2.75, 3.05) is 11.9 Å². The first-order valence-electron chi connectivity index (χ1n) is 5.46. The summed E-state index contributed by atoms with van der Waals surface area (Å²) in [4.78, 5) is 11.1. The number of carbonyl (C=O) groups is 1. The van der Waals surface area contributed by atoms with Gasteiger partial charge in [0.05, 0.1) is 5.41 Å². The average molecular weight is 241 g/mol. The van der Waals surface area contributed by atoms with E-state index in [-0.39, 0.29) is 6.54 Å². The molecule has 1 aromatic carbocycles. The van der Waals surface area contributed by atoms with Gasteiger partial charge in [-0.15, -0.1) is 0 Å². The molecule has 0 bridgehead atoms.